The van der Waals surface area contributed by atoms with E-state index in [-0.39, 0.29) is 11.7 Å². The molecule has 0 aromatic heterocycles. The van der Waals surface area contributed by atoms with E-state index in [0.29, 0.717) is 13.0 Å². The fourth-order valence-corrected chi connectivity index (χ4v) is 1.44. The van der Waals surface area contributed by atoms with E-state index in [0.717, 1.165) is 6.42 Å². The normalized spacial score (nSPS) is 14.8. The summed E-state index contributed by atoms with van der Waals surface area (Å²) in [5.74, 6) is 0.0276. The Morgan fingerprint density at radius 1 is 1.55 bits per heavy atom. The lowest BCUT2D eigenvalue weighted by Crippen LogP contribution is -2.17. The molecule has 11 heavy (non-hydrogen) atoms. The lowest BCUT2D eigenvalue weighted by molar-refractivity contribution is 0.458. The van der Waals surface area contributed by atoms with Crippen LogP contribution in [0.5, 0.6) is 0 Å². The van der Waals surface area contributed by atoms with Gasteiger partial charge in [0.1, 0.15) is 0 Å². The Morgan fingerprint density at radius 2 is 2.09 bits per heavy atom. The molecule has 4 nitrogen and oxygen atoms in total. The number of hydrogen-bond acceptors (Lipinski definition) is 3. The second-order valence-corrected chi connectivity index (χ2v) is 4.16. The summed E-state index contributed by atoms with van der Waals surface area (Å²) in [7, 11) is -3.79. The maximum Gasteiger partial charge on any atom is 0.264 e. The molecule has 0 aromatic rings. The highest BCUT2D eigenvalue weighted by Gasteiger charge is 2.09. The van der Waals surface area contributed by atoms with E-state index in [1.807, 2.05) is 6.92 Å². The van der Waals surface area contributed by atoms with Crippen LogP contribution < -0.4 is 5.73 Å². The van der Waals surface area contributed by atoms with E-state index in [4.69, 9.17) is 10.3 Å². The van der Waals surface area contributed by atoms with Gasteiger partial charge in [-0.1, -0.05) is 13.3 Å². The van der Waals surface area contributed by atoms with Gasteiger partial charge in [0, 0.05) is 0 Å². The molecule has 0 saturated heterocycles. The van der Waals surface area contributed by atoms with Gasteiger partial charge in [0.25, 0.3) is 10.1 Å². The third-order valence-electron chi connectivity index (χ3n) is 1.69. The second kappa shape index (κ2) is 4.69. The number of hydrogen-bond donors (Lipinski definition) is 2. The Morgan fingerprint density at radius 3 is 2.36 bits per heavy atom. The van der Waals surface area contributed by atoms with Crippen molar-refractivity contribution in [3.05, 3.63) is 0 Å². The molecule has 0 spiro atoms. The summed E-state index contributed by atoms with van der Waals surface area (Å²) >= 11 is 0. The van der Waals surface area contributed by atoms with Crippen LogP contribution >= 0.6 is 0 Å². The average molecular weight is 181 g/mol. The Hall–Kier alpha value is -0.130. The van der Waals surface area contributed by atoms with E-state index in [2.05, 4.69) is 0 Å². The Kier molecular flexibility index (Phi) is 4.63. The summed E-state index contributed by atoms with van der Waals surface area (Å²) in [6, 6.07) is 0. The van der Waals surface area contributed by atoms with Crippen molar-refractivity contribution in [1.29, 1.82) is 0 Å². The van der Waals surface area contributed by atoms with Crippen LogP contribution in [0.4, 0.5) is 0 Å². The van der Waals surface area contributed by atoms with Crippen LogP contribution in [0.1, 0.15) is 19.8 Å². The maximum absolute atomic E-state index is 10.3. The van der Waals surface area contributed by atoms with Gasteiger partial charge in [-0.3, -0.25) is 4.55 Å². The lowest BCUT2D eigenvalue weighted by Gasteiger charge is -2.09. The minimum atomic E-state index is -3.79. The largest absolute Gasteiger partial charge is 0.330 e. The summed E-state index contributed by atoms with van der Waals surface area (Å²) < 4.78 is 29.0. The summed E-state index contributed by atoms with van der Waals surface area (Å²) in [4.78, 5) is 0. The second-order valence-electron chi connectivity index (χ2n) is 2.58. The zero-order chi connectivity index (χ0) is 8.91. The van der Waals surface area contributed by atoms with E-state index in [9.17, 15) is 8.42 Å². The molecule has 5 heteroatoms. The van der Waals surface area contributed by atoms with Gasteiger partial charge >= 0.3 is 0 Å². The van der Waals surface area contributed by atoms with E-state index < -0.39 is 10.1 Å². The predicted molar refractivity (Wildman–Crippen MR) is 43.9 cm³/mol. The van der Waals surface area contributed by atoms with Gasteiger partial charge in [-0.2, -0.15) is 8.42 Å². The van der Waals surface area contributed by atoms with Gasteiger partial charge in [-0.15, -0.1) is 0 Å². The molecule has 0 amide bonds. The molecule has 0 aliphatic carbocycles. The molecule has 0 saturated carbocycles. The van der Waals surface area contributed by atoms with Crippen LogP contribution in [-0.4, -0.2) is 25.3 Å². The van der Waals surface area contributed by atoms with Crippen LogP contribution in [0.15, 0.2) is 0 Å². The molecular formula is C6H15NO3S. The van der Waals surface area contributed by atoms with Crippen molar-refractivity contribution in [2.75, 3.05) is 12.3 Å². The lowest BCUT2D eigenvalue weighted by atomic mass is 10.0. The van der Waals surface area contributed by atoms with Crippen LogP contribution in [0.3, 0.4) is 0 Å². The minimum absolute atomic E-state index is 0.178. The molecule has 68 valence electrons. The molecule has 0 aromatic carbocycles. The van der Waals surface area contributed by atoms with Crippen LogP contribution in [0.25, 0.3) is 0 Å². The van der Waals surface area contributed by atoms with Gasteiger partial charge in [-0.05, 0) is 18.9 Å². The quantitative estimate of drug-likeness (QED) is 0.596. The molecule has 0 heterocycles. The van der Waals surface area contributed by atoms with Crippen LogP contribution in [0, 0.1) is 5.92 Å². The van der Waals surface area contributed by atoms with Crippen molar-refractivity contribution in [2.24, 2.45) is 11.7 Å². The van der Waals surface area contributed by atoms with Crippen molar-refractivity contribution >= 4 is 10.1 Å². The van der Waals surface area contributed by atoms with Crippen molar-refractivity contribution in [3.63, 3.8) is 0 Å². The van der Waals surface area contributed by atoms with E-state index in [1.165, 1.54) is 0 Å². The first kappa shape index (κ1) is 10.9. The van der Waals surface area contributed by atoms with Crippen molar-refractivity contribution < 1.29 is 13.0 Å². The third kappa shape index (κ3) is 6.28. The monoisotopic (exact) mass is 181 g/mol. The number of nitrogens with two attached hydrogens (primary N) is 1. The molecule has 1 atom stereocenters. The zero-order valence-electron chi connectivity index (χ0n) is 6.66. The highest BCUT2D eigenvalue weighted by molar-refractivity contribution is 7.85. The molecule has 0 radical (unpaired) electrons. The highest BCUT2D eigenvalue weighted by atomic mass is 32.2. The third-order valence-corrected chi connectivity index (χ3v) is 2.45. The standard InChI is InChI=1S/C6H15NO3S/c1-2-6(5-7)3-4-11(8,9)10/h6H,2-5,7H2,1H3,(H,8,9,10). The fourth-order valence-electron chi connectivity index (χ4n) is 0.804. The Bertz CT molecular complexity index is 184. The molecule has 0 aliphatic heterocycles. The van der Waals surface area contributed by atoms with Crippen LogP contribution in [0.2, 0.25) is 0 Å². The SMILES string of the molecule is CCC(CN)CCS(=O)(=O)O. The molecule has 3 N–H and O–H groups in total. The molecule has 0 rings (SSSR count). The fraction of sp³-hybridized carbons (Fsp3) is 1.00. The van der Waals surface area contributed by atoms with Crippen molar-refractivity contribution in [2.45, 2.75) is 19.8 Å². The van der Waals surface area contributed by atoms with Gasteiger partial charge in [-0.25, -0.2) is 0 Å². The molecule has 0 bridgehead atoms. The first-order chi connectivity index (χ1) is 4.99. The predicted octanol–water partition coefficient (Wildman–Crippen LogP) is 0.249. The van der Waals surface area contributed by atoms with Gasteiger partial charge in [0.15, 0.2) is 0 Å². The summed E-state index contributed by atoms with van der Waals surface area (Å²) in [5, 5.41) is 0. The summed E-state index contributed by atoms with van der Waals surface area (Å²) in [6.45, 7) is 2.42. The van der Waals surface area contributed by atoms with Gasteiger partial charge in [0.2, 0.25) is 0 Å². The topological polar surface area (TPSA) is 80.4 Å². The molecule has 0 aliphatic rings. The zero-order valence-corrected chi connectivity index (χ0v) is 7.47. The first-order valence-corrected chi connectivity index (χ1v) is 5.25. The summed E-state index contributed by atoms with van der Waals surface area (Å²) in [6.07, 6.45) is 1.30. The van der Waals surface area contributed by atoms with Gasteiger partial charge in [0.05, 0.1) is 5.75 Å². The maximum atomic E-state index is 10.3. The molecule has 1 unspecified atom stereocenters. The van der Waals surface area contributed by atoms with E-state index in [1.54, 1.807) is 0 Å². The van der Waals surface area contributed by atoms with E-state index >= 15 is 0 Å². The number of rotatable bonds is 5. The van der Waals surface area contributed by atoms with Crippen LogP contribution in [-0.2, 0) is 10.1 Å². The minimum Gasteiger partial charge on any atom is -0.330 e. The van der Waals surface area contributed by atoms with Crippen molar-refractivity contribution in [3.8, 4) is 0 Å². The highest BCUT2D eigenvalue weighted by Crippen LogP contribution is 2.06. The average Bonchev–Trinajstić information content (AvgIpc) is 1.88. The molecular weight excluding hydrogens is 166 g/mol. The molecule has 0 fully saturated rings. The summed E-state index contributed by atoms with van der Waals surface area (Å²) in [5.41, 5.74) is 5.34. The first-order valence-electron chi connectivity index (χ1n) is 3.64. The Balaban J connectivity index is 3.69. The van der Waals surface area contributed by atoms with Gasteiger partial charge < -0.3 is 5.73 Å². The smallest absolute Gasteiger partial charge is 0.264 e. The Labute approximate surface area is 67.5 Å². The van der Waals surface area contributed by atoms with Crippen molar-refractivity contribution in [1.82, 2.24) is 0 Å².